The number of aliphatic carboxylic acids is 1. The number of carbonyl (C=O) groups is 1. The van der Waals surface area contributed by atoms with Gasteiger partial charge in [0.15, 0.2) is 4.96 Å². The second-order valence-electron chi connectivity index (χ2n) is 7.92. The summed E-state index contributed by atoms with van der Waals surface area (Å²) >= 11 is 1.74. The number of likely N-dealkylation sites (tertiary alicyclic amines) is 1. The first-order valence-electron chi connectivity index (χ1n) is 8.99. The number of fused-ring (bicyclic) bond motifs is 2. The third-order valence-corrected chi connectivity index (χ3v) is 7.27. The molecule has 128 valence electrons. The number of aryl methyl sites for hydroxylation is 1. The van der Waals surface area contributed by atoms with Crippen molar-refractivity contribution in [3.05, 3.63) is 22.5 Å². The summed E-state index contributed by atoms with van der Waals surface area (Å²) in [4.78, 5) is 20.1. The Bertz CT molecular complexity index is 822. The SMILES string of the molecule is Cc1nc2scc(C3CC3)n2c1CN1C[C@@H]2CCC[C@@]2(C(=O)O)C1. The van der Waals surface area contributed by atoms with Gasteiger partial charge in [0.05, 0.1) is 16.8 Å². The molecule has 3 fully saturated rings. The summed E-state index contributed by atoms with van der Waals surface area (Å²) < 4.78 is 2.36. The van der Waals surface area contributed by atoms with Crippen LogP contribution in [0.1, 0.15) is 55.1 Å². The molecule has 3 aliphatic rings. The highest BCUT2D eigenvalue weighted by molar-refractivity contribution is 7.15. The lowest BCUT2D eigenvalue weighted by atomic mass is 9.81. The summed E-state index contributed by atoms with van der Waals surface area (Å²) in [6, 6.07) is 0. The van der Waals surface area contributed by atoms with Gasteiger partial charge in [-0.15, -0.1) is 11.3 Å². The zero-order chi connectivity index (χ0) is 16.5. The van der Waals surface area contributed by atoms with Gasteiger partial charge in [0.2, 0.25) is 0 Å². The molecule has 1 N–H and O–H groups in total. The second-order valence-corrected chi connectivity index (χ2v) is 8.75. The molecule has 2 aliphatic carbocycles. The predicted octanol–water partition coefficient (Wildman–Crippen LogP) is 3.27. The molecule has 5 rings (SSSR count). The van der Waals surface area contributed by atoms with E-state index in [9.17, 15) is 9.90 Å². The highest BCUT2D eigenvalue weighted by Crippen LogP contribution is 2.49. The molecule has 0 radical (unpaired) electrons. The van der Waals surface area contributed by atoms with Crippen LogP contribution in [0.15, 0.2) is 5.38 Å². The van der Waals surface area contributed by atoms with Crippen molar-refractivity contribution in [2.24, 2.45) is 11.3 Å². The van der Waals surface area contributed by atoms with E-state index in [1.165, 1.54) is 24.2 Å². The molecule has 0 spiro atoms. The first-order valence-corrected chi connectivity index (χ1v) is 9.87. The van der Waals surface area contributed by atoms with E-state index in [2.05, 4.69) is 21.6 Å². The third-order valence-electron chi connectivity index (χ3n) is 6.42. The van der Waals surface area contributed by atoms with E-state index in [4.69, 9.17) is 4.98 Å². The van der Waals surface area contributed by atoms with Crippen LogP contribution < -0.4 is 0 Å². The van der Waals surface area contributed by atoms with Crippen molar-refractivity contribution in [1.29, 1.82) is 0 Å². The monoisotopic (exact) mass is 345 g/mol. The largest absolute Gasteiger partial charge is 0.481 e. The Kier molecular flexibility index (Phi) is 3.14. The lowest BCUT2D eigenvalue weighted by molar-refractivity contribution is -0.149. The number of thiazole rings is 1. The van der Waals surface area contributed by atoms with Crippen LogP contribution in [0, 0.1) is 18.3 Å². The van der Waals surface area contributed by atoms with E-state index in [0.717, 1.165) is 43.0 Å². The topological polar surface area (TPSA) is 57.8 Å². The third kappa shape index (κ3) is 2.02. The Hall–Kier alpha value is -1.40. The summed E-state index contributed by atoms with van der Waals surface area (Å²) in [6.45, 7) is 4.54. The zero-order valence-electron chi connectivity index (χ0n) is 14.0. The molecular formula is C18H23N3O2S. The van der Waals surface area contributed by atoms with Gasteiger partial charge in [0.1, 0.15) is 0 Å². The molecule has 24 heavy (non-hydrogen) atoms. The fraction of sp³-hybridized carbons (Fsp3) is 0.667. The van der Waals surface area contributed by atoms with Crippen LogP contribution in [0.3, 0.4) is 0 Å². The van der Waals surface area contributed by atoms with Gasteiger partial charge in [0, 0.05) is 36.6 Å². The Morgan fingerprint density at radius 2 is 2.29 bits per heavy atom. The molecule has 6 heteroatoms. The van der Waals surface area contributed by atoms with Crippen LogP contribution in [0.2, 0.25) is 0 Å². The van der Waals surface area contributed by atoms with Gasteiger partial charge in [-0.25, -0.2) is 4.98 Å². The van der Waals surface area contributed by atoms with Crippen LogP contribution in [-0.4, -0.2) is 38.4 Å². The Morgan fingerprint density at radius 3 is 3.00 bits per heavy atom. The van der Waals surface area contributed by atoms with Gasteiger partial charge >= 0.3 is 5.97 Å². The van der Waals surface area contributed by atoms with E-state index in [1.54, 1.807) is 11.3 Å². The maximum Gasteiger partial charge on any atom is 0.311 e. The number of nitrogens with zero attached hydrogens (tertiary/aromatic N) is 3. The number of rotatable bonds is 4. The Labute approximate surface area is 145 Å². The van der Waals surface area contributed by atoms with Gasteiger partial charge in [-0.2, -0.15) is 0 Å². The lowest BCUT2D eigenvalue weighted by Gasteiger charge is -2.23. The maximum atomic E-state index is 11.9. The number of carboxylic acid groups (broad SMARTS) is 1. The molecule has 0 amide bonds. The first kappa shape index (κ1) is 14.9. The molecule has 2 aromatic rings. The Balaban J connectivity index is 1.46. The summed E-state index contributed by atoms with van der Waals surface area (Å²) in [5.41, 5.74) is 3.29. The second kappa shape index (κ2) is 5.05. The van der Waals surface area contributed by atoms with Gasteiger partial charge in [-0.05, 0) is 38.5 Å². The van der Waals surface area contributed by atoms with E-state index in [0.29, 0.717) is 18.4 Å². The van der Waals surface area contributed by atoms with Crippen LogP contribution >= 0.6 is 11.3 Å². The number of hydrogen-bond donors (Lipinski definition) is 1. The molecule has 2 atom stereocenters. The van der Waals surface area contributed by atoms with Gasteiger partial charge in [-0.3, -0.25) is 14.1 Å². The van der Waals surface area contributed by atoms with Crippen molar-refractivity contribution in [1.82, 2.24) is 14.3 Å². The fourth-order valence-electron chi connectivity index (χ4n) is 4.96. The summed E-state index contributed by atoms with van der Waals surface area (Å²) in [7, 11) is 0. The van der Waals surface area contributed by atoms with Crippen molar-refractivity contribution < 1.29 is 9.90 Å². The molecule has 5 nitrogen and oxygen atoms in total. The summed E-state index contributed by atoms with van der Waals surface area (Å²) in [6.07, 6.45) is 5.55. The van der Waals surface area contributed by atoms with Gasteiger partial charge in [-0.1, -0.05) is 6.42 Å². The van der Waals surface area contributed by atoms with Gasteiger partial charge < -0.3 is 5.11 Å². The minimum Gasteiger partial charge on any atom is -0.481 e. The van der Waals surface area contributed by atoms with Crippen LogP contribution in [0.5, 0.6) is 0 Å². The van der Waals surface area contributed by atoms with Crippen LogP contribution in [0.4, 0.5) is 0 Å². The molecule has 0 unspecified atom stereocenters. The molecule has 1 aliphatic heterocycles. The molecule has 3 heterocycles. The van der Waals surface area contributed by atoms with E-state index in [1.807, 2.05) is 0 Å². The van der Waals surface area contributed by atoms with E-state index in [-0.39, 0.29) is 0 Å². The van der Waals surface area contributed by atoms with E-state index < -0.39 is 11.4 Å². The number of imidazole rings is 1. The zero-order valence-corrected chi connectivity index (χ0v) is 14.8. The number of aromatic nitrogens is 2. The smallest absolute Gasteiger partial charge is 0.311 e. The minimum atomic E-state index is -0.586. The molecule has 2 saturated carbocycles. The summed E-state index contributed by atoms with van der Waals surface area (Å²) in [5.74, 6) is 0.440. The molecule has 0 bridgehead atoms. The average molecular weight is 345 g/mol. The first-order chi connectivity index (χ1) is 11.6. The van der Waals surface area contributed by atoms with Crippen LogP contribution in [0.25, 0.3) is 4.96 Å². The normalized spacial score (nSPS) is 30.3. The molecule has 0 aromatic carbocycles. The maximum absolute atomic E-state index is 11.9. The molecule has 1 saturated heterocycles. The van der Waals surface area contributed by atoms with Crippen molar-refractivity contribution in [2.45, 2.75) is 51.5 Å². The quantitative estimate of drug-likeness (QED) is 0.924. The molecule has 2 aromatic heterocycles. The lowest BCUT2D eigenvalue weighted by Crippen LogP contribution is -2.35. The van der Waals surface area contributed by atoms with Crippen molar-refractivity contribution in [3.63, 3.8) is 0 Å². The Morgan fingerprint density at radius 1 is 1.46 bits per heavy atom. The number of hydrogen-bond acceptors (Lipinski definition) is 4. The van der Waals surface area contributed by atoms with E-state index >= 15 is 0 Å². The minimum absolute atomic E-state index is 0.323. The summed E-state index contributed by atoms with van der Waals surface area (Å²) in [5, 5.41) is 12.1. The van der Waals surface area contributed by atoms with Crippen molar-refractivity contribution in [3.8, 4) is 0 Å². The van der Waals surface area contributed by atoms with Gasteiger partial charge in [0.25, 0.3) is 0 Å². The number of carboxylic acids is 1. The predicted molar refractivity (Wildman–Crippen MR) is 92.5 cm³/mol. The van der Waals surface area contributed by atoms with Crippen molar-refractivity contribution in [2.75, 3.05) is 13.1 Å². The molecular weight excluding hydrogens is 322 g/mol. The standard InChI is InChI=1S/C18H23N3O2S/c1-11-14(21-15(12-4-5-12)9-24-17(21)19-11)8-20-7-13-3-2-6-18(13,10-20)16(22)23/h9,12-13H,2-8,10H2,1H3,(H,22,23)/t13-,18+/m0/s1. The van der Waals surface area contributed by atoms with Crippen LogP contribution in [-0.2, 0) is 11.3 Å². The fourth-order valence-corrected chi connectivity index (χ4v) is 6.00. The highest BCUT2D eigenvalue weighted by atomic mass is 32.1. The highest BCUT2D eigenvalue weighted by Gasteiger charge is 2.54. The van der Waals surface area contributed by atoms with Crippen molar-refractivity contribution >= 4 is 22.3 Å². The average Bonchev–Trinajstić information content (AvgIpc) is 2.88.